The highest BCUT2D eigenvalue weighted by Crippen LogP contribution is 2.24. The lowest BCUT2D eigenvalue weighted by atomic mass is 9.93. The van der Waals surface area contributed by atoms with Gasteiger partial charge in [0.25, 0.3) is 5.91 Å². The van der Waals surface area contributed by atoms with Crippen molar-refractivity contribution in [3.63, 3.8) is 0 Å². The minimum absolute atomic E-state index is 0.0372. The van der Waals surface area contributed by atoms with Crippen molar-refractivity contribution in [2.45, 2.75) is 37.8 Å². The molecule has 0 radical (unpaired) electrons. The summed E-state index contributed by atoms with van der Waals surface area (Å²) in [4.78, 5) is 23.9. The molecule has 1 fully saturated rings. The summed E-state index contributed by atoms with van der Waals surface area (Å²) in [5.74, 6) is 0.428. The highest BCUT2D eigenvalue weighted by Gasteiger charge is 2.25. The van der Waals surface area contributed by atoms with Gasteiger partial charge in [-0.05, 0) is 55.0 Å². The maximum atomic E-state index is 13.1. The van der Waals surface area contributed by atoms with E-state index in [-0.39, 0.29) is 23.9 Å². The first kappa shape index (κ1) is 19.9. The van der Waals surface area contributed by atoms with Gasteiger partial charge in [0.05, 0.1) is 19.5 Å². The first-order valence-electron chi connectivity index (χ1n) is 9.88. The molecule has 0 atom stereocenters. The number of carbonyl (C=O) groups is 1. The number of H-pyrrole nitrogens is 1. The van der Waals surface area contributed by atoms with Crippen LogP contribution in [0.15, 0.2) is 48.9 Å². The third-order valence-electron chi connectivity index (χ3n) is 5.20. The number of aromatic nitrogens is 3. The average molecular weight is 410 g/mol. The van der Waals surface area contributed by atoms with Crippen LogP contribution in [0.4, 0.5) is 4.39 Å². The standard InChI is InChI=1S/C22H23FN4O3/c1-29-20-12-24-13-21(27-20)30-18-8-6-17(7-9-18)26-22(28)19-10-15(11-25-19)14-2-4-16(23)5-3-14/h2-5,10-13,17-18,25H,6-9H2,1H3,(H,26,28). The third kappa shape index (κ3) is 4.76. The van der Waals surface area contributed by atoms with Crippen LogP contribution in [0.2, 0.25) is 0 Å². The van der Waals surface area contributed by atoms with Gasteiger partial charge in [0.2, 0.25) is 11.8 Å². The fraction of sp³-hybridized carbons (Fsp3) is 0.318. The molecule has 2 heterocycles. The van der Waals surface area contributed by atoms with E-state index in [2.05, 4.69) is 20.3 Å². The Labute approximate surface area is 173 Å². The van der Waals surface area contributed by atoms with Crippen molar-refractivity contribution in [1.82, 2.24) is 20.3 Å². The number of hydrogen-bond donors (Lipinski definition) is 2. The van der Waals surface area contributed by atoms with Crippen LogP contribution < -0.4 is 14.8 Å². The molecule has 8 heteroatoms. The predicted molar refractivity (Wildman–Crippen MR) is 109 cm³/mol. The molecule has 2 N–H and O–H groups in total. The highest BCUT2D eigenvalue weighted by atomic mass is 19.1. The van der Waals surface area contributed by atoms with Gasteiger partial charge in [0, 0.05) is 12.2 Å². The largest absolute Gasteiger partial charge is 0.480 e. The van der Waals surface area contributed by atoms with Gasteiger partial charge in [0.15, 0.2) is 0 Å². The van der Waals surface area contributed by atoms with E-state index >= 15 is 0 Å². The van der Waals surface area contributed by atoms with Gasteiger partial charge in [-0.2, -0.15) is 4.98 Å². The van der Waals surface area contributed by atoms with E-state index < -0.39 is 0 Å². The third-order valence-corrected chi connectivity index (χ3v) is 5.20. The van der Waals surface area contributed by atoms with E-state index in [0.717, 1.165) is 36.8 Å². The maximum Gasteiger partial charge on any atom is 0.267 e. The molecule has 0 bridgehead atoms. The van der Waals surface area contributed by atoms with Gasteiger partial charge < -0.3 is 19.8 Å². The van der Waals surface area contributed by atoms with E-state index in [1.165, 1.54) is 25.4 Å². The van der Waals surface area contributed by atoms with Crippen molar-refractivity contribution < 1.29 is 18.7 Å². The molecule has 0 saturated heterocycles. The quantitative estimate of drug-likeness (QED) is 0.646. The van der Waals surface area contributed by atoms with E-state index in [0.29, 0.717) is 17.5 Å². The number of nitrogens with one attached hydrogen (secondary N) is 2. The van der Waals surface area contributed by atoms with Crippen LogP contribution in [0, 0.1) is 5.82 Å². The van der Waals surface area contributed by atoms with Crippen molar-refractivity contribution in [3.05, 3.63) is 60.4 Å². The van der Waals surface area contributed by atoms with Gasteiger partial charge in [-0.15, -0.1) is 0 Å². The van der Waals surface area contributed by atoms with Gasteiger partial charge in [0.1, 0.15) is 17.6 Å². The van der Waals surface area contributed by atoms with Crippen LogP contribution in [0.3, 0.4) is 0 Å². The summed E-state index contributed by atoms with van der Waals surface area (Å²) in [7, 11) is 1.54. The number of aromatic amines is 1. The molecule has 1 aliphatic rings. The van der Waals surface area contributed by atoms with Gasteiger partial charge in [-0.25, -0.2) is 4.39 Å². The summed E-state index contributed by atoms with van der Waals surface area (Å²) in [5, 5.41) is 3.08. The molecule has 1 aliphatic carbocycles. The molecular formula is C22H23FN4O3. The summed E-state index contributed by atoms with van der Waals surface area (Å²) >= 11 is 0. The van der Waals surface area contributed by atoms with Gasteiger partial charge in [-0.3, -0.25) is 9.78 Å². The number of rotatable bonds is 6. The van der Waals surface area contributed by atoms with E-state index in [4.69, 9.17) is 9.47 Å². The number of hydrogen-bond acceptors (Lipinski definition) is 5. The van der Waals surface area contributed by atoms with Crippen LogP contribution in [0.1, 0.15) is 36.2 Å². The van der Waals surface area contributed by atoms with Gasteiger partial charge >= 0.3 is 0 Å². The van der Waals surface area contributed by atoms with Crippen LogP contribution in [-0.4, -0.2) is 40.1 Å². The van der Waals surface area contributed by atoms with Crippen molar-refractivity contribution in [2.24, 2.45) is 0 Å². The molecule has 2 aromatic heterocycles. The zero-order chi connectivity index (χ0) is 20.9. The topological polar surface area (TPSA) is 89.1 Å². The summed E-state index contributed by atoms with van der Waals surface area (Å²) in [5.41, 5.74) is 2.18. The van der Waals surface area contributed by atoms with Crippen molar-refractivity contribution in [3.8, 4) is 22.9 Å². The molecule has 0 aliphatic heterocycles. The number of nitrogens with zero attached hydrogens (tertiary/aromatic N) is 2. The number of ether oxygens (including phenoxy) is 2. The lowest BCUT2D eigenvalue weighted by molar-refractivity contribution is 0.0885. The van der Waals surface area contributed by atoms with Gasteiger partial charge in [-0.1, -0.05) is 12.1 Å². The Bertz CT molecular complexity index is 998. The summed E-state index contributed by atoms with van der Waals surface area (Å²) in [6.07, 6.45) is 8.16. The Morgan fingerprint density at radius 3 is 2.57 bits per heavy atom. The minimum atomic E-state index is -0.287. The Morgan fingerprint density at radius 2 is 1.83 bits per heavy atom. The van der Waals surface area contributed by atoms with E-state index in [9.17, 15) is 9.18 Å². The Kier molecular flexibility index (Phi) is 5.92. The van der Waals surface area contributed by atoms with E-state index in [1.54, 1.807) is 30.6 Å². The SMILES string of the molecule is COc1cncc(OC2CCC(NC(=O)c3cc(-c4ccc(F)cc4)c[nH]3)CC2)n1. The number of carbonyl (C=O) groups excluding carboxylic acids is 1. The summed E-state index contributed by atoms with van der Waals surface area (Å²) in [6.45, 7) is 0. The van der Waals surface area contributed by atoms with E-state index in [1.807, 2.05) is 0 Å². The summed E-state index contributed by atoms with van der Waals surface area (Å²) in [6, 6.07) is 8.05. The minimum Gasteiger partial charge on any atom is -0.480 e. The molecular weight excluding hydrogens is 387 g/mol. The molecule has 1 saturated carbocycles. The molecule has 1 aromatic carbocycles. The molecule has 7 nitrogen and oxygen atoms in total. The lowest BCUT2D eigenvalue weighted by Crippen LogP contribution is -2.39. The second-order valence-corrected chi connectivity index (χ2v) is 7.27. The number of benzene rings is 1. The second kappa shape index (κ2) is 8.94. The van der Waals surface area contributed by atoms with Crippen molar-refractivity contribution >= 4 is 5.91 Å². The van der Waals surface area contributed by atoms with Crippen LogP contribution in [-0.2, 0) is 0 Å². The smallest absolute Gasteiger partial charge is 0.267 e. The number of halogens is 1. The summed E-state index contributed by atoms with van der Waals surface area (Å²) < 4.78 is 24.0. The fourth-order valence-corrected chi connectivity index (χ4v) is 3.58. The normalized spacial score (nSPS) is 18.6. The molecule has 0 unspecified atom stereocenters. The molecule has 1 amide bonds. The number of amides is 1. The average Bonchev–Trinajstić information content (AvgIpc) is 3.26. The van der Waals surface area contributed by atoms with Crippen LogP contribution in [0.5, 0.6) is 11.8 Å². The van der Waals surface area contributed by atoms with Crippen molar-refractivity contribution in [1.29, 1.82) is 0 Å². The lowest BCUT2D eigenvalue weighted by Gasteiger charge is -2.29. The fourth-order valence-electron chi connectivity index (χ4n) is 3.58. The molecule has 156 valence electrons. The molecule has 30 heavy (non-hydrogen) atoms. The Morgan fingerprint density at radius 1 is 1.10 bits per heavy atom. The first-order chi connectivity index (χ1) is 14.6. The molecule has 0 spiro atoms. The molecule has 3 aromatic rings. The second-order valence-electron chi connectivity index (χ2n) is 7.27. The Balaban J connectivity index is 1.28. The van der Waals surface area contributed by atoms with Crippen LogP contribution in [0.25, 0.3) is 11.1 Å². The van der Waals surface area contributed by atoms with Crippen molar-refractivity contribution in [2.75, 3.05) is 7.11 Å². The number of methoxy groups -OCH3 is 1. The zero-order valence-corrected chi connectivity index (χ0v) is 16.6. The predicted octanol–water partition coefficient (Wildman–Crippen LogP) is 3.74. The monoisotopic (exact) mass is 410 g/mol. The van der Waals surface area contributed by atoms with Crippen LogP contribution >= 0.6 is 0 Å². The zero-order valence-electron chi connectivity index (χ0n) is 16.6. The highest BCUT2D eigenvalue weighted by molar-refractivity contribution is 5.94. The Hall–Kier alpha value is -3.42. The maximum absolute atomic E-state index is 13.1. The molecule has 4 rings (SSSR count). The first-order valence-corrected chi connectivity index (χ1v) is 9.88.